The van der Waals surface area contributed by atoms with E-state index in [1.165, 1.54) is 36.4 Å². The molecule has 0 spiro atoms. The number of aryl methyl sites for hydroxylation is 1. The van der Waals surface area contributed by atoms with Gasteiger partial charge >= 0.3 is 11.6 Å². The molecule has 0 unspecified atom stereocenters. The fourth-order valence-electron chi connectivity index (χ4n) is 3.24. The van der Waals surface area contributed by atoms with E-state index in [0.717, 1.165) is 16.5 Å². The minimum absolute atomic E-state index is 0.0655. The van der Waals surface area contributed by atoms with Gasteiger partial charge in [-0.1, -0.05) is 26.0 Å². The number of carbonyl (C=O) groups excluding carboxylic acids is 1. The van der Waals surface area contributed by atoms with Gasteiger partial charge in [0.15, 0.2) is 0 Å². The normalized spacial score (nSPS) is 11.3. The Hall–Kier alpha value is -3.74. The lowest BCUT2D eigenvalue weighted by molar-refractivity contribution is -0.384. The summed E-state index contributed by atoms with van der Waals surface area (Å²) in [5.74, 6) is -0.339. The smallest absolute Gasteiger partial charge is 0.336 e. The largest absolute Gasteiger partial charge is 0.458 e. The maximum Gasteiger partial charge on any atom is 0.336 e. The van der Waals surface area contributed by atoms with E-state index < -0.39 is 16.5 Å². The van der Waals surface area contributed by atoms with Crippen LogP contribution in [-0.4, -0.2) is 10.9 Å². The molecule has 0 fully saturated rings. The van der Waals surface area contributed by atoms with Gasteiger partial charge < -0.3 is 9.15 Å². The number of nitrogens with zero attached hydrogens (tertiary/aromatic N) is 1. The van der Waals surface area contributed by atoms with Crippen LogP contribution in [0.4, 0.5) is 5.69 Å². The number of fused-ring (bicyclic) bond motifs is 1. The van der Waals surface area contributed by atoms with Crippen LogP contribution in [0.2, 0.25) is 0 Å². The maximum absolute atomic E-state index is 12.1. The van der Waals surface area contributed by atoms with Gasteiger partial charge in [0.2, 0.25) is 0 Å². The molecule has 0 bridgehead atoms. The highest BCUT2D eigenvalue weighted by Gasteiger charge is 2.12. The number of hydrogen-bond donors (Lipinski definition) is 0. The molecule has 0 aliphatic rings. The highest BCUT2D eigenvalue weighted by molar-refractivity contribution is 5.87. The molecule has 1 heterocycles. The molecule has 0 aliphatic heterocycles. The summed E-state index contributed by atoms with van der Waals surface area (Å²) in [6.07, 6.45) is 2.63. The van der Waals surface area contributed by atoms with Crippen LogP contribution in [-0.2, 0) is 16.1 Å². The molecule has 2 aromatic carbocycles. The summed E-state index contributed by atoms with van der Waals surface area (Å²) >= 11 is 0. The molecule has 0 aliphatic carbocycles. The minimum atomic E-state index is -0.626. The predicted molar refractivity (Wildman–Crippen MR) is 113 cm³/mol. The van der Waals surface area contributed by atoms with E-state index in [2.05, 4.69) is 13.8 Å². The second-order valence-electron chi connectivity index (χ2n) is 7.24. The Labute approximate surface area is 172 Å². The molecule has 3 aromatic rings. The van der Waals surface area contributed by atoms with Gasteiger partial charge in [0.25, 0.3) is 5.69 Å². The van der Waals surface area contributed by atoms with Crippen LogP contribution in [0, 0.1) is 17.0 Å². The van der Waals surface area contributed by atoms with Crippen molar-refractivity contribution in [3.05, 3.63) is 91.3 Å². The molecule has 0 N–H and O–H groups in total. The molecule has 30 heavy (non-hydrogen) atoms. The molecule has 3 rings (SSSR count). The number of esters is 1. The van der Waals surface area contributed by atoms with Gasteiger partial charge in [-0.2, -0.15) is 0 Å². The standard InChI is InChI=1S/C23H21NO6/c1-14(2)19-12-20-17(11-23(26)30-21(20)9-15(19)3)13-29-22(25)8-7-16-5-4-6-18(10-16)24(27)28/h4-12,14H,13H2,1-3H3. The molecular formula is C23H21NO6. The predicted octanol–water partition coefficient (Wildman–Crippen LogP) is 4.89. The van der Waals surface area contributed by atoms with Gasteiger partial charge in [-0.25, -0.2) is 9.59 Å². The number of rotatable bonds is 6. The summed E-state index contributed by atoms with van der Waals surface area (Å²) in [5.41, 5.74) is 3.07. The van der Waals surface area contributed by atoms with Crippen LogP contribution in [0.25, 0.3) is 17.0 Å². The van der Waals surface area contributed by atoms with Crippen molar-refractivity contribution in [2.45, 2.75) is 33.3 Å². The Morgan fingerprint density at radius 3 is 2.70 bits per heavy atom. The van der Waals surface area contributed by atoms with E-state index in [-0.39, 0.29) is 18.2 Å². The van der Waals surface area contributed by atoms with Gasteiger partial charge in [0, 0.05) is 35.2 Å². The Kier molecular flexibility index (Phi) is 6.11. The van der Waals surface area contributed by atoms with Crippen molar-refractivity contribution in [3.8, 4) is 0 Å². The molecule has 0 saturated heterocycles. The molecule has 7 heteroatoms. The highest BCUT2D eigenvalue weighted by atomic mass is 16.6. The van der Waals surface area contributed by atoms with Gasteiger partial charge in [-0.3, -0.25) is 10.1 Å². The second kappa shape index (κ2) is 8.73. The summed E-state index contributed by atoms with van der Waals surface area (Å²) in [7, 11) is 0. The molecule has 1 aromatic heterocycles. The van der Waals surface area contributed by atoms with Crippen molar-refractivity contribution >= 4 is 28.7 Å². The number of carbonyl (C=O) groups is 1. The fraction of sp³-hybridized carbons (Fsp3) is 0.217. The molecule has 7 nitrogen and oxygen atoms in total. The SMILES string of the molecule is Cc1cc2oc(=O)cc(COC(=O)C=Cc3cccc([N+](=O)[O-])c3)c2cc1C(C)C. The number of hydrogen-bond acceptors (Lipinski definition) is 6. The Morgan fingerprint density at radius 2 is 2.00 bits per heavy atom. The van der Waals surface area contributed by atoms with E-state index in [1.807, 2.05) is 19.1 Å². The third kappa shape index (κ3) is 4.81. The number of ether oxygens (including phenoxy) is 1. The van der Waals surface area contributed by atoms with Crippen LogP contribution in [0.15, 0.2) is 57.8 Å². The van der Waals surface area contributed by atoms with Crippen molar-refractivity contribution < 1.29 is 18.9 Å². The highest BCUT2D eigenvalue weighted by Crippen LogP contribution is 2.27. The Balaban J connectivity index is 1.80. The summed E-state index contributed by atoms with van der Waals surface area (Å²) in [4.78, 5) is 34.3. The first-order valence-electron chi connectivity index (χ1n) is 9.41. The van der Waals surface area contributed by atoms with Gasteiger partial charge in [0.05, 0.1) is 4.92 Å². The van der Waals surface area contributed by atoms with Crippen LogP contribution in [0.5, 0.6) is 0 Å². The monoisotopic (exact) mass is 407 g/mol. The van der Waals surface area contributed by atoms with Crippen LogP contribution >= 0.6 is 0 Å². The first kappa shape index (κ1) is 21.0. The number of nitro benzene ring substituents is 1. The molecule has 0 amide bonds. The lowest BCUT2D eigenvalue weighted by atomic mass is 9.95. The average Bonchev–Trinajstić information content (AvgIpc) is 2.69. The number of nitro groups is 1. The number of benzene rings is 2. The number of non-ortho nitro benzene ring substituents is 1. The average molecular weight is 407 g/mol. The third-order valence-corrected chi connectivity index (χ3v) is 4.70. The van der Waals surface area contributed by atoms with E-state index in [4.69, 9.17) is 9.15 Å². The molecular weight excluding hydrogens is 386 g/mol. The molecule has 154 valence electrons. The first-order valence-corrected chi connectivity index (χ1v) is 9.41. The fourth-order valence-corrected chi connectivity index (χ4v) is 3.24. The minimum Gasteiger partial charge on any atom is -0.458 e. The molecule has 0 saturated carbocycles. The lowest BCUT2D eigenvalue weighted by Crippen LogP contribution is -2.06. The molecule has 0 radical (unpaired) electrons. The third-order valence-electron chi connectivity index (χ3n) is 4.70. The zero-order valence-corrected chi connectivity index (χ0v) is 16.9. The van der Waals surface area contributed by atoms with Crippen molar-refractivity contribution in [1.29, 1.82) is 0 Å². The summed E-state index contributed by atoms with van der Waals surface area (Å²) < 4.78 is 10.6. The van der Waals surface area contributed by atoms with Crippen LogP contribution in [0.3, 0.4) is 0 Å². The maximum atomic E-state index is 12.1. The quantitative estimate of drug-likeness (QED) is 0.190. The second-order valence-corrected chi connectivity index (χ2v) is 7.24. The molecule has 0 atom stereocenters. The van der Waals surface area contributed by atoms with E-state index in [0.29, 0.717) is 16.7 Å². The Bertz CT molecular complexity index is 1210. The van der Waals surface area contributed by atoms with E-state index in [1.54, 1.807) is 6.07 Å². The summed E-state index contributed by atoms with van der Waals surface area (Å²) in [6, 6.07) is 11.0. The topological polar surface area (TPSA) is 99.7 Å². The van der Waals surface area contributed by atoms with Gasteiger partial charge in [-0.05, 0) is 47.7 Å². The van der Waals surface area contributed by atoms with Crippen LogP contribution < -0.4 is 5.63 Å². The van der Waals surface area contributed by atoms with Crippen molar-refractivity contribution in [2.75, 3.05) is 0 Å². The van der Waals surface area contributed by atoms with E-state index in [9.17, 15) is 19.7 Å². The van der Waals surface area contributed by atoms with Crippen molar-refractivity contribution in [1.82, 2.24) is 0 Å². The Morgan fingerprint density at radius 1 is 1.23 bits per heavy atom. The van der Waals surface area contributed by atoms with Gasteiger partial charge in [-0.15, -0.1) is 0 Å². The van der Waals surface area contributed by atoms with Crippen LogP contribution in [0.1, 0.15) is 42.0 Å². The summed E-state index contributed by atoms with van der Waals surface area (Å²) in [5, 5.41) is 11.6. The van der Waals surface area contributed by atoms with Gasteiger partial charge in [0.1, 0.15) is 12.2 Å². The summed E-state index contributed by atoms with van der Waals surface area (Å²) in [6.45, 7) is 6.01. The lowest BCUT2D eigenvalue weighted by Gasteiger charge is -2.13. The van der Waals surface area contributed by atoms with Crippen molar-refractivity contribution in [3.63, 3.8) is 0 Å². The first-order chi connectivity index (χ1) is 14.2. The van der Waals surface area contributed by atoms with E-state index >= 15 is 0 Å². The van der Waals surface area contributed by atoms with Crippen molar-refractivity contribution in [2.24, 2.45) is 0 Å². The zero-order chi connectivity index (χ0) is 21.8. The zero-order valence-electron chi connectivity index (χ0n) is 16.9.